The minimum Gasteiger partial charge on any atom is -0.394 e. The minimum absolute atomic E-state index is 0.208. The Hall–Kier alpha value is -2.63. The van der Waals surface area contributed by atoms with E-state index in [1.54, 1.807) is 6.08 Å². The van der Waals surface area contributed by atoms with Crippen molar-refractivity contribution in [2.24, 2.45) is 0 Å². The molecular formula is C45H75NO8. The molecule has 7 unspecified atom stereocenters. The standard InChI is InChI=1S/C45H75NO8/c1-3-5-7-9-11-13-15-16-17-18-19-20-21-22-23-24-25-27-29-31-33-35-41(49)46-38(37-53-45-44(52)43(51)42(50)40(36-47)54-45)39(48)34-32-30-28-26-14-12-10-8-6-4-2/h5-8,11,13-14,16-17,19-20,26,32,34,38-40,42-45,47-48,50-52H,3-4,9-10,12,15,18,21-25,27-31,33,35-37H2,1-2H3,(H,46,49)/b7-5-,8-6+,13-11-,17-16-,20-19-,26-14+,34-32+. The van der Waals surface area contributed by atoms with Crippen LogP contribution in [0.2, 0.25) is 0 Å². The third-order valence-electron chi connectivity index (χ3n) is 9.19. The van der Waals surface area contributed by atoms with Crippen molar-refractivity contribution in [3.63, 3.8) is 0 Å². The molecule has 9 nitrogen and oxygen atoms in total. The van der Waals surface area contributed by atoms with E-state index in [1.807, 2.05) is 6.08 Å². The maximum Gasteiger partial charge on any atom is 0.220 e. The molecule has 0 saturated carbocycles. The van der Waals surface area contributed by atoms with E-state index in [0.717, 1.165) is 89.9 Å². The predicted octanol–water partition coefficient (Wildman–Crippen LogP) is 7.99. The van der Waals surface area contributed by atoms with E-state index >= 15 is 0 Å². The van der Waals surface area contributed by atoms with Crippen LogP contribution in [0.1, 0.15) is 136 Å². The first-order valence-electron chi connectivity index (χ1n) is 20.8. The van der Waals surface area contributed by atoms with Gasteiger partial charge in [0.25, 0.3) is 0 Å². The molecule has 1 aliphatic heterocycles. The fraction of sp³-hybridized carbons (Fsp3) is 0.667. The summed E-state index contributed by atoms with van der Waals surface area (Å²) in [7, 11) is 0. The first-order chi connectivity index (χ1) is 26.3. The van der Waals surface area contributed by atoms with E-state index in [4.69, 9.17) is 9.47 Å². The quantitative estimate of drug-likeness (QED) is 0.0299. The Labute approximate surface area is 327 Å². The van der Waals surface area contributed by atoms with Gasteiger partial charge in [0.15, 0.2) is 6.29 Å². The minimum atomic E-state index is -1.58. The number of nitrogens with one attached hydrogen (secondary N) is 1. The monoisotopic (exact) mass is 758 g/mol. The lowest BCUT2D eigenvalue weighted by Gasteiger charge is -2.40. The van der Waals surface area contributed by atoms with Gasteiger partial charge in [-0.25, -0.2) is 0 Å². The third kappa shape index (κ3) is 25.4. The fourth-order valence-corrected chi connectivity index (χ4v) is 5.89. The lowest BCUT2D eigenvalue weighted by Crippen LogP contribution is -2.60. The van der Waals surface area contributed by atoms with Gasteiger partial charge in [-0.1, -0.05) is 137 Å². The topological polar surface area (TPSA) is 149 Å². The summed E-state index contributed by atoms with van der Waals surface area (Å²) in [6, 6.07) is -0.835. The van der Waals surface area contributed by atoms with Crippen molar-refractivity contribution in [2.45, 2.75) is 179 Å². The van der Waals surface area contributed by atoms with Crippen LogP contribution < -0.4 is 5.32 Å². The Morgan fingerprint density at radius 1 is 0.630 bits per heavy atom. The molecule has 0 aromatic heterocycles. The Morgan fingerprint density at radius 2 is 1.11 bits per heavy atom. The summed E-state index contributed by atoms with van der Waals surface area (Å²) < 4.78 is 11.1. The summed E-state index contributed by atoms with van der Waals surface area (Å²) in [5, 5.41) is 53.9. The van der Waals surface area contributed by atoms with Crippen molar-refractivity contribution in [1.82, 2.24) is 5.32 Å². The maximum atomic E-state index is 12.9. The second kappa shape index (κ2) is 34.8. The van der Waals surface area contributed by atoms with Crippen LogP contribution in [0.25, 0.3) is 0 Å². The van der Waals surface area contributed by atoms with Crippen molar-refractivity contribution in [1.29, 1.82) is 0 Å². The highest BCUT2D eigenvalue weighted by molar-refractivity contribution is 5.76. The van der Waals surface area contributed by atoms with Gasteiger partial charge in [-0.2, -0.15) is 0 Å². The Morgan fingerprint density at radius 3 is 1.70 bits per heavy atom. The Kier molecular flexibility index (Phi) is 31.9. The van der Waals surface area contributed by atoms with E-state index in [-0.39, 0.29) is 12.5 Å². The van der Waals surface area contributed by atoms with Gasteiger partial charge in [-0.3, -0.25) is 4.79 Å². The molecule has 7 atom stereocenters. The number of hydrogen-bond donors (Lipinski definition) is 6. The lowest BCUT2D eigenvalue weighted by molar-refractivity contribution is -0.302. The number of carbonyl (C=O) groups excluding carboxylic acids is 1. The highest BCUT2D eigenvalue weighted by Gasteiger charge is 2.44. The molecule has 308 valence electrons. The van der Waals surface area contributed by atoms with Gasteiger partial charge in [-0.15, -0.1) is 0 Å². The first-order valence-corrected chi connectivity index (χ1v) is 20.8. The van der Waals surface area contributed by atoms with Gasteiger partial charge in [0.05, 0.1) is 25.4 Å². The number of aliphatic hydroxyl groups excluding tert-OH is 5. The largest absolute Gasteiger partial charge is 0.394 e. The first kappa shape index (κ1) is 49.4. The molecule has 1 aliphatic rings. The SMILES string of the molecule is CC/C=C\C/C=C\C/C=C\C/C=C\CCCCCCCCCCC(=O)NC(COC1OC(CO)C(O)C(O)C1O)C(O)/C=C/CC/C=C/CC/C=C/CC. The average Bonchev–Trinajstić information content (AvgIpc) is 3.17. The van der Waals surface area contributed by atoms with E-state index in [2.05, 4.69) is 92.1 Å². The summed E-state index contributed by atoms with van der Waals surface area (Å²) in [4.78, 5) is 12.9. The molecule has 9 heteroatoms. The average molecular weight is 758 g/mol. The van der Waals surface area contributed by atoms with E-state index < -0.39 is 49.5 Å². The number of aliphatic hydroxyl groups is 5. The van der Waals surface area contributed by atoms with Crippen LogP contribution in [0, 0.1) is 0 Å². The third-order valence-corrected chi connectivity index (χ3v) is 9.19. The zero-order valence-corrected chi connectivity index (χ0v) is 33.4. The van der Waals surface area contributed by atoms with Crippen LogP contribution >= 0.6 is 0 Å². The molecule has 1 heterocycles. The number of rotatable bonds is 32. The molecule has 0 aromatic carbocycles. The number of amides is 1. The van der Waals surface area contributed by atoms with E-state index in [9.17, 15) is 30.3 Å². The van der Waals surface area contributed by atoms with Gasteiger partial charge in [0, 0.05) is 6.42 Å². The zero-order valence-electron chi connectivity index (χ0n) is 33.4. The summed E-state index contributed by atoms with van der Waals surface area (Å²) >= 11 is 0. The highest BCUT2D eigenvalue weighted by atomic mass is 16.7. The molecule has 0 bridgehead atoms. The number of carbonyl (C=O) groups is 1. The van der Waals surface area contributed by atoms with Crippen LogP contribution in [0.15, 0.2) is 85.1 Å². The van der Waals surface area contributed by atoms with E-state index in [0.29, 0.717) is 6.42 Å². The zero-order chi connectivity index (χ0) is 39.5. The number of hydrogen-bond acceptors (Lipinski definition) is 8. The Bertz CT molecular complexity index is 1110. The van der Waals surface area contributed by atoms with Crippen LogP contribution in [-0.2, 0) is 14.3 Å². The normalized spacial score (nSPS) is 22.4. The fourth-order valence-electron chi connectivity index (χ4n) is 5.89. The number of ether oxygens (including phenoxy) is 2. The second-order valence-electron chi connectivity index (χ2n) is 14.0. The van der Waals surface area contributed by atoms with Crippen LogP contribution in [0.4, 0.5) is 0 Å². The molecule has 0 aliphatic carbocycles. The molecule has 1 rings (SSSR count). The molecule has 0 spiro atoms. The van der Waals surface area contributed by atoms with Gasteiger partial charge in [-0.05, 0) is 77.0 Å². The van der Waals surface area contributed by atoms with Crippen molar-refractivity contribution >= 4 is 5.91 Å². The smallest absolute Gasteiger partial charge is 0.220 e. The molecule has 54 heavy (non-hydrogen) atoms. The predicted molar refractivity (Wildman–Crippen MR) is 221 cm³/mol. The van der Waals surface area contributed by atoms with Crippen LogP contribution in [0.3, 0.4) is 0 Å². The van der Waals surface area contributed by atoms with Gasteiger partial charge < -0.3 is 40.3 Å². The molecule has 1 amide bonds. The van der Waals surface area contributed by atoms with Crippen molar-refractivity contribution < 1.29 is 39.8 Å². The Balaban J connectivity index is 2.37. The molecular weight excluding hydrogens is 682 g/mol. The van der Waals surface area contributed by atoms with Crippen molar-refractivity contribution in [2.75, 3.05) is 13.2 Å². The lowest BCUT2D eigenvalue weighted by atomic mass is 9.99. The van der Waals surface area contributed by atoms with Gasteiger partial charge in [0.1, 0.15) is 24.4 Å². The highest BCUT2D eigenvalue weighted by Crippen LogP contribution is 2.22. The molecule has 0 aromatic rings. The van der Waals surface area contributed by atoms with Crippen molar-refractivity contribution in [3.05, 3.63) is 85.1 Å². The molecule has 1 saturated heterocycles. The molecule has 0 radical (unpaired) electrons. The van der Waals surface area contributed by atoms with Crippen LogP contribution in [0.5, 0.6) is 0 Å². The van der Waals surface area contributed by atoms with Gasteiger partial charge in [0.2, 0.25) is 5.91 Å². The molecule has 1 fully saturated rings. The van der Waals surface area contributed by atoms with Crippen molar-refractivity contribution in [3.8, 4) is 0 Å². The number of allylic oxidation sites excluding steroid dienone is 13. The maximum absolute atomic E-state index is 12.9. The summed E-state index contributed by atoms with van der Waals surface area (Å²) in [5.74, 6) is -0.208. The van der Waals surface area contributed by atoms with Gasteiger partial charge >= 0.3 is 0 Å². The molecule has 6 N–H and O–H groups in total. The summed E-state index contributed by atoms with van der Waals surface area (Å²) in [6.45, 7) is 3.47. The van der Waals surface area contributed by atoms with E-state index in [1.165, 1.54) is 25.7 Å². The number of unbranched alkanes of at least 4 members (excludes halogenated alkanes) is 10. The van der Waals surface area contributed by atoms with Crippen LogP contribution in [-0.4, -0.2) is 87.5 Å². The summed E-state index contributed by atoms with van der Waals surface area (Å²) in [6.07, 6.45) is 40.6. The second-order valence-corrected chi connectivity index (χ2v) is 14.0. The summed E-state index contributed by atoms with van der Waals surface area (Å²) in [5.41, 5.74) is 0.